The van der Waals surface area contributed by atoms with Crippen LogP contribution in [0.2, 0.25) is 0 Å². The van der Waals surface area contributed by atoms with Gasteiger partial charge in [0, 0.05) is 25.3 Å². The van der Waals surface area contributed by atoms with E-state index in [2.05, 4.69) is 10.4 Å². The summed E-state index contributed by atoms with van der Waals surface area (Å²) in [6.45, 7) is 1.55. The minimum Gasteiger partial charge on any atom is -0.333 e. The van der Waals surface area contributed by atoms with Crippen LogP contribution in [0.3, 0.4) is 0 Å². The predicted octanol–water partition coefficient (Wildman–Crippen LogP) is 1.84. The second kappa shape index (κ2) is 6.27. The van der Waals surface area contributed by atoms with Crippen LogP contribution in [0.25, 0.3) is 5.69 Å². The Morgan fingerprint density at radius 2 is 2.32 bits per heavy atom. The van der Waals surface area contributed by atoms with Gasteiger partial charge in [-0.3, -0.25) is 4.79 Å². The van der Waals surface area contributed by atoms with Crippen molar-refractivity contribution in [2.75, 3.05) is 20.1 Å². The molecule has 1 aliphatic rings. The Morgan fingerprint density at radius 3 is 3.09 bits per heavy atom. The smallest absolute Gasteiger partial charge is 0.274 e. The first-order valence-corrected chi connectivity index (χ1v) is 7.46. The van der Waals surface area contributed by atoms with Gasteiger partial charge in [0.05, 0.1) is 5.69 Å². The third kappa shape index (κ3) is 2.87. The number of amides is 1. The number of aromatic nitrogens is 2. The summed E-state index contributed by atoms with van der Waals surface area (Å²) in [6, 6.07) is 8.05. The molecule has 1 fully saturated rings. The number of rotatable bonds is 4. The number of likely N-dealkylation sites (tertiary alicyclic amines) is 1. The molecule has 0 saturated carbocycles. The van der Waals surface area contributed by atoms with Gasteiger partial charge in [-0.25, -0.2) is 9.07 Å². The van der Waals surface area contributed by atoms with Crippen molar-refractivity contribution in [1.82, 2.24) is 20.0 Å². The van der Waals surface area contributed by atoms with Gasteiger partial charge in [-0.1, -0.05) is 6.07 Å². The average Bonchev–Trinajstić information content (AvgIpc) is 3.16. The molecule has 5 nitrogen and oxygen atoms in total. The summed E-state index contributed by atoms with van der Waals surface area (Å²) in [5.74, 6) is -0.387. The fraction of sp³-hybridized carbons (Fsp3) is 0.375. The Bertz CT molecular complexity index is 670. The molecule has 1 saturated heterocycles. The van der Waals surface area contributed by atoms with Gasteiger partial charge < -0.3 is 10.2 Å². The van der Waals surface area contributed by atoms with Crippen molar-refractivity contribution < 1.29 is 9.18 Å². The summed E-state index contributed by atoms with van der Waals surface area (Å²) in [5.41, 5.74) is 1.000. The highest BCUT2D eigenvalue weighted by Crippen LogP contribution is 2.19. The van der Waals surface area contributed by atoms with Gasteiger partial charge in [0.15, 0.2) is 5.69 Å². The van der Waals surface area contributed by atoms with E-state index in [-0.39, 0.29) is 17.8 Å². The number of nitrogens with one attached hydrogen (secondary N) is 1. The zero-order valence-electron chi connectivity index (χ0n) is 12.5. The second-order valence-electron chi connectivity index (χ2n) is 5.48. The van der Waals surface area contributed by atoms with E-state index in [1.165, 1.54) is 16.8 Å². The van der Waals surface area contributed by atoms with E-state index in [0.29, 0.717) is 11.4 Å². The van der Waals surface area contributed by atoms with Gasteiger partial charge in [0.2, 0.25) is 0 Å². The monoisotopic (exact) mass is 302 g/mol. The van der Waals surface area contributed by atoms with Crippen LogP contribution in [-0.4, -0.2) is 46.8 Å². The molecule has 1 atom stereocenters. The zero-order chi connectivity index (χ0) is 15.5. The van der Waals surface area contributed by atoms with Crippen LogP contribution in [0.5, 0.6) is 0 Å². The van der Waals surface area contributed by atoms with Crippen LogP contribution >= 0.6 is 0 Å². The molecule has 3 rings (SSSR count). The quantitative estimate of drug-likeness (QED) is 0.937. The molecule has 1 amide bonds. The standard InChI is InChI=1S/C16H19FN4O/c1-18-11-14-6-3-8-20(14)16(22)15-7-9-21(19-15)13-5-2-4-12(17)10-13/h2,4-5,7,9-10,14,18H,3,6,8,11H2,1H3/t14-/m0/s1. The highest BCUT2D eigenvalue weighted by atomic mass is 19.1. The number of hydrogen-bond acceptors (Lipinski definition) is 3. The van der Waals surface area contributed by atoms with E-state index in [1.807, 2.05) is 11.9 Å². The lowest BCUT2D eigenvalue weighted by atomic mass is 10.2. The molecule has 0 aliphatic carbocycles. The lowest BCUT2D eigenvalue weighted by Gasteiger charge is -2.23. The Balaban J connectivity index is 1.80. The largest absolute Gasteiger partial charge is 0.333 e. The first kappa shape index (κ1) is 14.7. The molecule has 6 heteroatoms. The van der Waals surface area contributed by atoms with E-state index in [9.17, 15) is 9.18 Å². The van der Waals surface area contributed by atoms with Crippen LogP contribution in [0.4, 0.5) is 4.39 Å². The lowest BCUT2D eigenvalue weighted by Crippen LogP contribution is -2.41. The molecule has 0 spiro atoms. The maximum atomic E-state index is 13.3. The van der Waals surface area contributed by atoms with Crippen molar-refractivity contribution in [2.45, 2.75) is 18.9 Å². The number of carbonyl (C=O) groups is 1. The maximum absolute atomic E-state index is 13.3. The Labute approximate surface area is 128 Å². The van der Waals surface area contributed by atoms with Crippen molar-refractivity contribution in [3.8, 4) is 5.69 Å². The number of likely N-dealkylation sites (N-methyl/N-ethyl adjacent to an activating group) is 1. The predicted molar refractivity (Wildman–Crippen MR) is 81.5 cm³/mol. The number of halogens is 1. The van der Waals surface area contributed by atoms with Crippen molar-refractivity contribution >= 4 is 5.91 Å². The molecule has 1 aromatic heterocycles. The zero-order valence-corrected chi connectivity index (χ0v) is 12.5. The van der Waals surface area contributed by atoms with Crippen LogP contribution in [-0.2, 0) is 0 Å². The molecule has 1 aliphatic heterocycles. The minimum absolute atomic E-state index is 0.0621. The summed E-state index contributed by atoms with van der Waals surface area (Å²) < 4.78 is 14.8. The van der Waals surface area contributed by atoms with E-state index < -0.39 is 0 Å². The van der Waals surface area contributed by atoms with Crippen molar-refractivity contribution in [3.05, 3.63) is 48.0 Å². The SMILES string of the molecule is CNC[C@@H]1CCCN1C(=O)c1ccn(-c2cccc(F)c2)n1. The Kier molecular flexibility index (Phi) is 4.20. The Hall–Kier alpha value is -2.21. The molecule has 1 N–H and O–H groups in total. The fourth-order valence-corrected chi connectivity index (χ4v) is 2.90. The summed E-state index contributed by atoms with van der Waals surface area (Å²) in [6.07, 6.45) is 3.71. The summed E-state index contributed by atoms with van der Waals surface area (Å²) in [5, 5.41) is 7.42. The average molecular weight is 302 g/mol. The first-order valence-electron chi connectivity index (χ1n) is 7.46. The number of nitrogens with zero attached hydrogens (tertiary/aromatic N) is 3. The third-order valence-electron chi connectivity index (χ3n) is 3.96. The summed E-state index contributed by atoms with van der Waals surface area (Å²) in [4.78, 5) is 14.5. The van der Waals surface area contributed by atoms with E-state index in [1.54, 1.807) is 24.4 Å². The van der Waals surface area contributed by atoms with Gasteiger partial charge >= 0.3 is 0 Å². The number of carbonyl (C=O) groups excluding carboxylic acids is 1. The topological polar surface area (TPSA) is 50.2 Å². The highest BCUT2D eigenvalue weighted by Gasteiger charge is 2.29. The normalized spacial score (nSPS) is 17.9. The lowest BCUT2D eigenvalue weighted by molar-refractivity contribution is 0.0730. The first-order chi connectivity index (χ1) is 10.7. The summed E-state index contributed by atoms with van der Waals surface area (Å²) >= 11 is 0. The molecule has 0 bridgehead atoms. The van der Waals surface area contributed by atoms with E-state index in [4.69, 9.17) is 0 Å². The van der Waals surface area contributed by atoms with Crippen molar-refractivity contribution in [2.24, 2.45) is 0 Å². The molecule has 2 heterocycles. The van der Waals surface area contributed by atoms with E-state index >= 15 is 0 Å². The molecule has 116 valence electrons. The van der Waals surface area contributed by atoms with Gasteiger partial charge in [-0.15, -0.1) is 0 Å². The fourth-order valence-electron chi connectivity index (χ4n) is 2.90. The minimum atomic E-state index is -0.325. The number of hydrogen-bond donors (Lipinski definition) is 1. The van der Waals surface area contributed by atoms with Crippen LogP contribution in [0.1, 0.15) is 23.3 Å². The number of benzene rings is 1. The van der Waals surface area contributed by atoms with Crippen molar-refractivity contribution in [3.63, 3.8) is 0 Å². The van der Waals surface area contributed by atoms with Gasteiger partial charge in [0.1, 0.15) is 5.82 Å². The molecule has 0 radical (unpaired) electrons. The van der Waals surface area contributed by atoms with Gasteiger partial charge in [0.25, 0.3) is 5.91 Å². The molecule has 0 unspecified atom stereocenters. The molecule has 2 aromatic rings. The molecule has 1 aromatic carbocycles. The third-order valence-corrected chi connectivity index (χ3v) is 3.96. The Morgan fingerprint density at radius 1 is 1.45 bits per heavy atom. The van der Waals surface area contributed by atoms with Crippen LogP contribution in [0.15, 0.2) is 36.5 Å². The highest BCUT2D eigenvalue weighted by molar-refractivity contribution is 5.92. The van der Waals surface area contributed by atoms with Gasteiger partial charge in [-0.2, -0.15) is 5.10 Å². The molecular weight excluding hydrogens is 283 g/mol. The molecular formula is C16H19FN4O. The van der Waals surface area contributed by atoms with E-state index in [0.717, 1.165) is 25.9 Å². The van der Waals surface area contributed by atoms with Crippen molar-refractivity contribution in [1.29, 1.82) is 0 Å². The second-order valence-corrected chi connectivity index (χ2v) is 5.48. The van der Waals surface area contributed by atoms with Crippen LogP contribution in [0, 0.1) is 5.82 Å². The maximum Gasteiger partial charge on any atom is 0.274 e. The molecule has 22 heavy (non-hydrogen) atoms. The summed E-state index contributed by atoms with van der Waals surface area (Å²) in [7, 11) is 1.89. The van der Waals surface area contributed by atoms with Crippen LogP contribution < -0.4 is 5.32 Å². The van der Waals surface area contributed by atoms with Gasteiger partial charge in [-0.05, 0) is 44.2 Å².